The van der Waals surface area contributed by atoms with Gasteiger partial charge in [0.05, 0.1) is 0 Å². The molecule has 0 spiro atoms. The summed E-state index contributed by atoms with van der Waals surface area (Å²) in [5.74, 6) is 0.121. The van der Waals surface area contributed by atoms with E-state index >= 15 is 0 Å². The van der Waals surface area contributed by atoms with Gasteiger partial charge in [0.1, 0.15) is 0 Å². The van der Waals surface area contributed by atoms with Crippen molar-refractivity contribution in [3.05, 3.63) is 0 Å². The predicted octanol–water partition coefficient (Wildman–Crippen LogP) is 1.47. The second-order valence-electron chi connectivity index (χ2n) is 2.84. The van der Waals surface area contributed by atoms with Gasteiger partial charge in [-0.1, -0.05) is 13.3 Å². The minimum Gasteiger partial charge on any atom is -0.320 e. The van der Waals surface area contributed by atoms with Crippen molar-refractivity contribution in [3.63, 3.8) is 0 Å². The van der Waals surface area contributed by atoms with Crippen molar-refractivity contribution in [3.8, 4) is 0 Å². The lowest BCUT2D eigenvalue weighted by molar-refractivity contribution is -0.113. The van der Waals surface area contributed by atoms with Crippen molar-refractivity contribution in [2.75, 3.05) is 13.6 Å². The summed E-state index contributed by atoms with van der Waals surface area (Å²) in [6.45, 7) is 2.96. The Balaban J connectivity index is 3.17. The number of carbonyl (C=O) groups excluding carboxylic acids is 1. The van der Waals surface area contributed by atoms with E-state index in [1.165, 1.54) is 0 Å². The molecule has 0 saturated carbocycles. The number of hydrogen-bond donors (Lipinski definition) is 2. The predicted molar refractivity (Wildman–Crippen MR) is 50.9 cm³/mol. The molecule has 0 aliphatic carbocycles. The molecule has 1 atom stereocenters. The molecule has 0 unspecified atom stereocenters. The lowest BCUT2D eigenvalue weighted by Gasteiger charge is -2.05. The first-order valence-electron chi connectivity index (χ1n) is 4.06. The van der Waals surface area contributed by atoms with Gasteiger partial charge in [-0.25, -0.2) is 0 Å². The summed E-state index contributed by atoms with van der Waals surface area (Å²) < 4.78 is 0. The maximum absolute atomic E-state index is 10.7. The fourth-order valence-electron chi connectivity index (χ4n) is 0.876. The summed E-state index contributed by atoms with van der Waals surface area (Å²) in [6.07, 6.45) is 3.21. The summed E-state index contributed by atoms with van der Waals surface area (Å²) in [7, 11) is 1.94. The van der Waals surface area contributed by atoms with Crippen molar-refractivity contribution < 1.29 is 4.79 Å². The first kappa shape index (κ1) is 11.0. The van der Waals surface area contributed by atoms with Crippen LogP contribution in [0.2, 0.25) is 0 Å². The summed E-state index contributed by atoms with van der Waals surface area (Å²) >= 11 is 3.76. The quantitative estimate of drug-likeness (QED) is 0.473. The van der Waals surface area contributed by atoms with Crippen LogP contribution in [0.1, 0.15) is 26.2 Å². The van der Waals surface area contributed by atoms with Gasteiger partial charge in [0.15, 0.2) is 5.12 Å². The Bertz CT molecular complexity index is 117. The average molecular weight is 175 g/mol. The molecule has 2 nitrogen and oxygen atoms in total. The SMILES string of the molecule is CNCCCC[C@H](C)C(=O)S. The molecule has 0 rings (SSSR count). The molecule has 0 fully saturated rings. The third kappa shape index (κ3) is 6.38. The van der Waals surface area contributed by atoms with Gasteiger partial charge in [-0.2, -0.15) is 0 Å². The highest BCUT2D eigenvalue weighted by atomic mass is 32.1. The Labute approximate surface area is 74.2 Å². The zero-order chi connectivity index (χ0) is 8.69. The Morgan fingerprint density at radius 2 is 2.18 bits per heavy atom. The molecule has 0 amide bonds. The Kier molecular flexibility index (Phi) is 6.66. The van der Waals surface area contributed by atoms with E-state index in [1.54, 1.807) is 0 Å². The Morgan fingerprint density at radius 3 is 2.64 bits per heavy atom. The van der Waals surface area contributed by atoms with Crippen LogP contribution in [0.3, 0.4) is 0 Å². The van der Waals surface area contributed by atoms with Gasteiger partial charge in [-0.05, 0) is 26.4 Å². The van der Waals surface area contributed by atoms with Crippen LogP contribution in [-0.2, 0) is 4.79 Å². The second-order valence-corrected chi connectivity index (χ2v) is 3.28. The van der Waals surface area contributed by atoms with Crippen LogP contribution in [0.4, 0.5) is 0 Å². The highest BCUT2D eigenvalue weighted by Crippen LogP contribution is 2.09. The molecular weight excluding hydrogens is 158 g/mol. The van der Waals surface area contributed by atoms with Gasteiger partial charge in [0.25, 0.3) is 0 Å². The lowest BCUT2D eigenvalue weighted by Crippen LogP contribution is -2.09. The van der Waals surface area contributed by atoms with Crippen molar-refractivity contribution in [2.24, 2.45) is 5.92 Å². The molecule has 11 heavy (non-hydrogen) atoms. The molecule has 0 aliphatic rings. The monoisotopic (exact) mass is 175 g/mol. The molecule has 0 saturated heterocycles. The van der Waals surface area contributed by atoms with Crippen molar-refractivity contribution >= 4 is 17.7 Å². The Hall–Kier alpha value is -0.0200. The molecule has 66 valence electrons. The second kappa shape index (κ2) is 6.68. The zero-order valence-corrected chi connectivity index (χ0v) is 8.16. The van der Waals surface area contributed by atoms with Crippen LogP contribution in [0.15, 0.2) is 0 Å². The van der Waals surface area contributed by atoms with Crippen LogP contribution in [0, 0.1) is 5.92 Å². The maximum Gasteiger partial charge on any atom is 0.188 e. The van der Waals surface area contributed by atoms with Gasteiger partial charge >= 0.3 is 0 Å². The molecule has 0 radical (unpaired) electrons. The number of carbonyl (C=O) groups is 1. The van der Waals surface area contributed by atoms with E-state index in [9.17, 15) is 4.79 Å². The molecule has 0 aromatic carbocycles. The maximum atomic E-state index is 10.7. The van der Waals surface area contributed by atoms with E-state index in [-0.39, 0.29) is 11.0 Å². The third-order valence-electron chi connectivity index (χ3n) is 1.74. The van der Waals surface area contributed by atoms with Gasteiger partial charge in [0, 0.05) is 5.92 Å². The highest BCUT2D eigenvalue weighted by molar-refractivity contribution is 7.96. The largest absolute Gasteiger partial charge is 0.320 e. The summed E-state index contributed by atoms with van der Waals surface area (Å²) in [6, 6.07) is 0. The van der Waals surface area contributed by atoms with E-state index in [0.29, 0.717) is 0 Å². The van der Waals surface area contributed by atoms with Crippen LogP contribution >= 0.6 is 12.6 Å². The van der Waals surface area contributed by atoms with Gasteiger partial charge in [-0.15, -0.1) is 12.6 Å². The fourth-order valence-corrected chi connectivity index (χ4v) is 1.00. The third-order valence-corrected chi connectivity index (χ3v) is 2.18. The standard InChI is InChI=1S/C8H17NOS/c1-7(8(10)11)5-3-4-6-9-2/h7,9H,3-6H2,1-2H3,(H,10,11)/t7-/m0/s1. The number of hydrogen-bond acceptors (Lipinski definition) is 2. The van der Waals surface area contributed by atoms with Crippen LogP contribution < -0.4 is 5.32 Å². The normalized spacial score (nSPS) is 13.0. The minimum atomic E-state index is 0.00876. The highest BCUT2D eigenvalue weighted by Gasteiger charge is 2.06. The van der Waals surface area contributed by atoms with Crippen molar-refractivity contribution in [1.29, 1.82) is 0 Å². The summed E-state index contributed by atoms with van der Waals surface area (Å²) in [5.41, 5.74) is 0. The van der Waals surface area contributed by atoms with Crippen molar-refractivity contribution in [1.82, 2.24) is 5.32 Å². The smallest absolute Gasteiger partial charge is 0.188 e. The number of unbranched alkanes of at least 4 members (excludes halogenated alkanes) is 1. The van der Waals surface area contributed by atoms with Gasteiger partial charge in [-0.3, -0.25) is 4.79 Å². The molecule has 0 bridgehead atoms. The van der Waals surface area contributed by atoms with Gasteiger partial charge in [0.2, 0.25) is 0 Å². The summed E-state index contributed by atoms with van der Waals surface area (Å²) in [4.78, 5) is 10.7. The van der Waals surface area contributed by atoms with Crippen LogP contribution in [-0.4, -0.2) is 18.7 Å². The van der Waals surface area contributed by atoms with E-state index in [1.807, 2.05) is 14.0 Å². The summed E-state index contributed by atoms with van der Waals surface area (Å²) in [5, 5.41) is 3.08. The van der Waals surface area contributed by atoms with Crippen molar-refractivity contribution in [2.45, 2.75) is 26.2 Å². The average Bonchev–Trinajstić information content (AvgIpc) is 1.97. The van der Waals surface area contributed by atoms with E-state index in [4.69, 9.17) is 0 Å². The molecule has 0 aliphatic heterocycles. The zero-order valence-electron chi connectivity index (χ0n) is 7.26. The van der Waals surface area contributed by atoms with Gasteiger partial charge < -0.3 is 5.32 Å². The van der Waals surface area contributed by atoms with E-state index in [0.717, 1.165) is 25.8 Å². The molecule has 0 heterocycles. The lowest BCUT2D eigenvalue weighted by atomic mass is 10.1. The molecular formula is C8H17NOS. The van der Waals surface area contributed by atoms with E-state index < -0.39 is 0 Å². The fraction of sp³-hybridized carbons (Fsp3) is 0.875. The number of rotatable bonds is 6. The molecule has 1 N–H and O–H groups in total. The van der Waals surface area contributed by atoms with Crippen LogP contribution in [0.5, 0.6) is 0 Å². The molecule has 3 heteroatoms. The molecule has 0 aromatic heterocycles. The first-order valence-corrected chi connectivity index (χ1v) is 4.50. The van der Waals surface area contributed by atoms with Crippen LogP contribution in [0.25, 0.3) is 0 Å². The first-order chi connectivity index (χ1) is 5.18. The molecule has 0 aromatic rings. The number of thiol groups is 1. The van der Waals surface area contributed by atoms with E-state index in [2.05, 4.69) is 17.9 Å². The Morgan fingerprint density at radius 1 is 1.55 bits per heavy atom. The minimum absolute atomic E-state index is 0.00876. The number of nitrogens with one attached hydrogen (secondary N) is 1. The topological polar surface area (TPSA) is 29.1 Å².